The van der Waals surface area contributed by atoms with Crippen LogP contribution in [0.15, 0.2) is 18.2 Å². The van der Waals surface area contributed by atoms with Crippen LogP contribution in [0, 0.1) is 10.1 Å². The number of nitrogens with zero attached hydrogens (tertiary/aromatic N) is 2. The first-order valence-electron chi connectivity index (χ1n) is 3.67. The summed E-state index contributed by atoms with van der Waals surface area (Å²) in [6.07, 6.45) is 0. The topological polar surface area (TPSA) is 77.5 Å². The number of hydrogen-bond acceptors (Lipinski definition) is 3. The molecule has 14 heavy (non-hydrogen) atoms. The molecular weight excluding hydrogens is 261 g/mol. The molecule has 0 fully saturated rings. The van der Waals surface area contributed by atoms with E-state index in [1.54, 1.807) is 12.1 Å². The van der Waals surface area contributed by atoms with Crippen molar-refractivity contribution in [3.63, 3.8) is 0 Å². The molecule has 1 aliphatic heterocycles. The second-order valence-corrected chi connectivity index (χ2v) is 2.39. The Morgan fingerprint density at radius 1 is 1.50 bits per heavy atom. The van der Waals surface area contributed by atoms with Gasteiger partial charge in [-0.1, -0.05) is 11.6 Å². The molecule has 1 aromatic carbocycles. The van der Waals surface area contributed by atoms with E-state index >= 15 is 0 Å². The summed E-state index contributed by atoms with van der Waals surface area (Å²) in [4.78, 5) is 9.87. The van der Waals surface area contributed by atoms with Crippen LogP contribution in [0.2, 0.25) is 0 Å². The normalized spacial score (nSPS) is 10.4. The first-order chi connectivity index (χ1) is 6.27. The molecule has 0 saturated carbocycles. The van der Waals surface area contributed by atoms with Crippen molar-refractivity contribution >= 4 is 11.4 Å². The van der Waals surface area contributed by atoms with Gasteiger partial charge < -0.3 is 10.4 Å². The van der Waals surface area contributed by atoms with Crippen LogP contribution in [0.4, 0.5) is 11.4 Å². The van der Waals surface area contributed by atoms with Gasteiger partial charge in [0.2, 0.25) is 0 Å². The molecule has 1 radical (unpaired) electrons. The summed E-state index contributed by atoms with van der Waals surface area (Å²) in [7, 11) is 1.00. The van der Waals surface area contributed by atoms with E-state index in [1.165, 1.54) is 6.07 Å². The largest absolute Gasteiger partial charge is 0.681 e. The van der Waals surface area contributed by atoms with Crippen LogP contribution >= 0.6 is 0 Å². The maximum Gasteiger partial charge on any atom is 0.269 e. The third kappa shape index (κ3) is 2.73. The molecule has 73 valence electrons. The van der Waals surface area contributed by atoms with Gasteiger partial charge in [-0.3, -0.25) is 10.1 Å². The minimum atomic E-state index is -0.390. The van der Waals surface area contributed by atoms with Crippen LogP contribution < -0.4 is 0 Å². The van der Waals surface area contributed by atoms with E-state index in [9.17, 15) is 10.1 Å². The summed E-state index contributed by atoms with van der Waals surface area (Å²) in [5, 5.41) is 21.3. The van der Waals surface area contributed by atoms with Crippen molar-refractivity contribution in [1.82, 2.24) is 0 Å². The first kappa shape index (κ1) is 13.5. The zero-order valence-corrected chi connectivity index (χ0v) is 10.5. The molecular formula is C8H9N2O3Y-. The van der Waals surface area contributed by atoms with Crippen molar-refractivity contribution in [2.24, 2.45) is 0 Å². The molecule has 5 nitrogen and oxygen atoms in total. The van der Waals surface area contributed by atoms with Crippen LogP contribution in [0.1, 0.15) is 5.56 Å². The Kier molecular flexibility index (Phi) is 5.84. The standard InChI is InChI=1S/C7H5N2O2.CH4O.Y/c10-9(11)6-1-2-7-5(3-6)4-8-7;1-2;/h1-3H,4H2;2H,1H3;/q-1;;. The van der Waals surface area contributed by atoms with Gasteiger partial charge in [0.15, 0.2) is 0 Å². The van der Waals surface area contributed by atoms with Crippen molar-refractivity contribution in [3.8, 4) is 0 Å². The fourth-order valence-electron chi connectivity index (χ4n) is 1.05. The molecule has 0 aromatic heterocycles. The monoisotopic (exact) mass is 270 g/mol. The summed E-state index contributed by atoms with van der Waals surface area (Å²) < 4.78 is 0. The van der Waals surface area contributed by atoms with Crippen molar-refractivity contribution in [2.75, 3.05) is 7.11 Å². The average molecular weight is 270 g/mol. The number of fused-ring (bicyclic) bond motifs is 1. The van der Waals surface area contributed by atoms with Gasteiger partial charge in [-0.2, -0.15) is 0 Å². The molecule has 1 heterocycles. The van der Waals surface area contributed by atoms with Crippen molar-refractivity contribution < 1.29 is 42.7 Å². The molecule has 0 spiro atoms. The molecule has 1 aliphatic rings. The van der Waals surface area contributed by atoms with Crippen LogP contribution in [0.3, 0.4) is 0 Å². The zero-order valence-electron chi connectivity index (χ0n) is 7.67. The summed E-state index contributed by atoms with van der Waals surface area (Å²) in [5.41, 5.74) is 2.01. The van der Waals surface area contributed by atoms with E-state index in [0.717, 1.165) is 18.4 Å². The molecule has 1 aromatic rings. The quantitative estimate of drug-likeness (QED) is 0.623. The number of aliphatic hydroxyl groups is 1. The van der Waals surface area contributed by atoms with E-state index in [0.29, 0.717) is 6.54 Å². The van der Waals surface area contributed by atoms with Crippen LogP contribution in [-0.4, -0.2) is 17.1 Å². The molecule has 6 heteroatoms. The maximum absolute atomic E-state index is 10.3. The summed E-state index contributed by atoms with van der Waals surface area (Å²) in [6, 6.07) is 4.72. The van der Waals surface area contributed by atoms with Gasteiger partial charge in [0.05, 0.1) is 4.92 Å². The molecule has 0 saturated heterocycles. The number of non-ortho nitro benzene ring substituents is 1. The average Bonchev–Trinajstić information content (AvgIpc) is 2.10. The number of nitro groups is 1. The van der Waals surface area contributed by atoms with Gasteiger partial charge in [0.1, 0.15) is 0 Å². The second-order valence-electron chi connectivity index (χ2n) is 2.39. The minimum absolute atomic E-state index is 0. The smallest absolute Gasteiger partial charge is 0.269 e. The van der Waals surface area contributed by atoms with E-state index in [2.05, 4.69) is 5.32 Å². The number of benzene rings is 1. The Balaban J connectivity index is 0.000000531. The van der Waals surface area contributed by atoms with Gasteiger partial charge in [0.25, 0.3) is 5.69 Å². The minimum Gasteiger partial charge on any atom is -0.681 e. The Bertz CT molecular complexity index is 330. The van der Waals surface area contributed by atoms with E-state index in [-0.39, 0.29) is 38.4 Å². The predicted molar refractivity (Wildman–Crippen MR) is 48.0 cm³/mol. The fourth-order valence-corrected chi connectivity index (χ4v) is 1.05. The van der Waals surface area contributed by atoms with Crippen molar-refractivity contribution in [3.05, 3.63) is 39.2 Å². The van der Waals surface area contributed by atoms with Gasteiger partial charge in [0, 0.05) is 52.0 Å². The number of rotatable bonds is 1. The molecule has 0 aliphatic carbocycles. The van der Waals surface area contributed by atoms with Gasteiger partial charge in [-0.05, 0) is 0 Å². The summed E-state index contributed by atoms with van der Waals surface area (Å²) in [5.74, 6) is 0. The predicted octanol–water partition coefficient (Wildman–Crippen LogP) is 1.72. The molecule has 1 N–H and O–H groups in total. The third-order valence-electron chi connectivity index (χ3n) is 1.69. The Labute approximate surface area is 107 Å². The number of hydrogen-bond donors (Lipinski definition) is 1. The fraction of sp³-hybridized carbons (Fsp3) is 0.250. The van der Waals surface area contributed by atoms with Crippen LogP contribution in [0.5, 0.6) is 0 Å². The SMILES string of the molecule is CO.O=[N+]([O-])c1ccc2c(c1)C[N-]2.[Y]. The van der Waals surface area contributed by atoms with Gasteiger partial charge in [-0.15, -0.1) is 12.2 Å². The summed E-state index contributed by atoms with van der Waals surface area (Å²) >= 11 is 0. The summed E-state index contributed by atoms with van der Waals surface area (Å²) in [6.45, 7) is 0.622. The van der Waals surface area contributed by atoms with Crippen molar-refractivity contribution in [1.29, 1.82) is 0 Å². The molecule has 0 atom stereocenters. The van der Waals surface area contributed by atoms with Gasteiger partial charge >= 0.3 is 0 Å². The third-order valence-corrected chi connectivity index (χ3v) is 1.69. The van der Waals surface area contributed by atoms with Gasteiger partial charge in [-0.25, -0.2) is 0 Å². The first-order valence-corrected chi connectivity index (χ1v) is 3.67. The molecule has 0 bridgehead atoms. The van der Waals surface area contributed by atoms with E-state index in [4.69, 9.17) is 5.11 Å². The van der Waals surface area contributed by atoms with Crippen LogP contribution in [-0.2, 0) is 39.3 Å². The zero-order chi connectivity index (χ0) is 9.84. The molecule has 0 amide bonds. The number of nitro benzene ring substituents is 1. The van der Waals surface area contributed by atoms with E-state index in [1.807, 2.05) is 0 Å². The molecule has 0 unspecified atom stereocenters. The number of aliphatic hydroxyl groups excluding tert-OH is 1. The Morgan fingerprint density at radius 3 is 2.50 bits per heavy atom. The van der Waals surface area contributed by atoms with Crippen LogP contribution in [0.25, 0.3) is 5.32 Å². The Morgan fingerprint density at radius 2 is 2.14 bits per heavy atom. The molecule has 2 rings (SSSR count). The van der Waals surface area contributed by atoms with Crippen molar-refractivity contribution in [2.45, 2.75) is 6.54 Å². The maximum atomic E-state index is 10.3. The van der Waals surface area contributed by atoms with E-state index < -0.39 is 4.92 Å². The second kappa shape index (κ2) is 6.06. The Hall–Kier alpha value is -0.516.